The molecule has 1 aromatic rings. The summed E-state index contributed by atoms with van der Waals surface area (Å²) in [6, 6.07) is 0. The fourth-order valence-corrected chi connectivity index (χ4v) is 1.19. The summed E-state index contributed by atoms with van der Waals surface area (Å²) in [7, 11) is 0. The van der Waals surface area contributed by atoms with Crippen LogP contribution < -0.4 is 0 Å². The first-order valence-electron chi connectivity index (χ1n) is 2.79. The Labute approximate surface area is 62.7 Å². The van der Waals surface area contributed by atoms with Crippen molar-refractivity contribution in [1.82, 2.24) is 4.98 Å². The lowest BCUT2D eigenvalue weighted by atomic mass is 10.5. The van der Waals surface area contributed by atoms with Crippen molar-refractivity contribution < 1.29 is 9.53 Å². The first-order valence-corrected chi connectivity index (χ1v) is 3.67. The van der Waals surface area contributed by atoms with Crippen molar-refractivity contribution in [3.8, 4) is 0 Å². The van der Waals surface area contributed by atoms with Crippen LogP contribution in [0.15, 0.2) is 5.38 Å². The van der Waals surface area contributed by atoms with Crippen molar-refractivity contribution >= 4 is 17.8 Å². The van der Waals surface area contributed by atoms with Gasteiger partial charge in [0.15, 0.2) is 0 Å². The van der Waals surface area contributed by atoms with Crippen molar-refractivity contribution in [2.45, 2.75) is 13.5 Å². The maximum absolute atomic E-state index is 9.74. The molecule has 1 rings (SSSR count). The Morgan fingerprint density at radius 2 is 2.70 bits per heavy atom. The van der Waals surface area contributed by atoms with E-state index in [1.165, 1.54) is 0 Å². The van der Waals surface area contributed by atoms with Crippen molar-refractivity contribution in [3.63, 3.8) is 0 Å². The number of thiazole rings is 1. The van der Waals surface area contributed by atoms with E-state index < -0.39 is 0 Å². The zero-order chi connectivity index (χ0) is 7.40. The van der Waals surface area contributed by atoms with Crippen LogP contribution in [0.3, 0.4) is 0 Å². The van der Waals surface area contributed by atoms with Crippen molar-refractivity contribution in [2.75, 3.05) is 0 Å². The third kappa shape index (κ3) is 1.80. The molecule has 0 spiro atoms. The molecule has 0 atom stereocenters. The highest BCUT2D eigenvalue weighted by Gasteiger charge is 1.95. The van der Waals surface area contributed by atoms with Crippen LogP contribution in [0.5, 0.6) is 0 Å². The van der Waals surface area contributed by atoms with E-state index in [-0.39, 0.29) is 6.61 Å². The number of aromatic nitrogens is 1. The lowest BCUT2D eigenvalue weighted by Gasteiger charge is -1.90. The Morgan fingerprint density at radius 3 is 3.20 bits per heavy atom. The Morgan fingerprint density at radius 1 is 1.90 bits per heavy atom. The molecule has 0 saturated carbocycles. The number of carbonyl (C=O) groups excluding carboxylic acids is 1. The van der Waals surface area contributed by atoms with Crippen LogP contribution in [-0.2, 0) is 16.1 Å². The number of hydrogen-bond donors (Lipinski definition) is 0. The summed E-state index contributed by atoms with van der Waals surface area (Å²) in [5.41, 5.74) is 0.814. The average Bonchev–Trinajstić information content (AvgIpc) is 2.31. The number of rotatable bonds is 3. The van der Waals surface area contributed by atoms with Gasteiger partial charge >= 0.3 is 0 Å². The topological polar surface area (TPSA) is 39.2 Å². The smallest absolute Gasteiger partial charge is 0.293 e. The predicted octanol–water partition coefficient (Wildman–Crippen LogP) is 1.12. The number of hydrogen-bond acceptors (Lipinski definition) is 4. The van der Waals surface area contributed by atoms with E-state index in [1.54, 1.807) is 11.3 Å². The number of carbonyl (C=O) groups is 1. The van der Waals surface area contributed by atoms with Crippen LogP contribution in [0.25, 0.3) is 0 Å². The van der Waals surface area contributed by atoms with Crippen LogP contribution in [0.2, 0.25) is 0 Å². The van der Waals surface area contributed by atoms with Crippen LogP contribution in [0.1, 0.15) is 10.7 Å². The Kier molecular flexibility index (Phi) is 2.39. The molecular formula is C6H7NO2S. The lowest BCUT2D eigenvalue weighted by molar-refractivity contribution is -0.129. The van der Waals surface area contributed by atoms with E-state index in [1.807, 2.05) is 12.3 Å². The van der Waals surface area contributed by atoms with Gasteiger partial charge in [0.25, 0.3) is 6.47 Å². The van der Waals surface area contributed by atoms with Crippen LogP contribution in [0.4, 0.5) is 0 Å². The fraction of sp³-hybridized carbons (Fsp3) is 0.333. The molecule has 4 heteroatoms. The summed E-state index contributed by atoms with van der Waals surface area (Å²) in [4.78, 5) is 13.8. The van der Waals surface area contributed by atoms with Gasteiger partial charge in [-0.3, -0.25) is 4.79 Å². The summed E-state index contributed by atoms with van der Waals surface area (Å²) in [5, 5.41) is 2.86. The van der Waals surface area contributed by atoms with Crippen molar-refractivity contribution in [3.05, 3.63) is 16.1 Å². The zero-order valence-electron chi connectivity index (χ0n) is 5.53. The van der Waals surface area contributed by atoms with Gasteiger partial charge < -0.3 is 4.74 Å². The van der Waals surface area contributed by atoms with Crippen LogP contribution >= 0.6 is 11.3 Å². The van der Waals surface area contributed by atoms with Gasteiger partial charge in [0, 0.05) is 5.38 Å². The number of nitrogens with zero attached hydrogens (tertiary/aromatic N) is 1. The third-order valence-corrected chi connectivity index (χ3v) is 1.79. The Balaban J connectivity index is 2.49. The quantitative estimate of drug-likeness (QED) is 0.617. The highest BCUT2D eigenvalue weighted by molar-refractivity contribution is 7.09. The third-order valence-electron chi connectivity index (χ3n) is 0.966. The van der Waals surface area contributed by atoms with E-state index in [2.05, 4.69) is 9.72 Å². The maximum atomic E-state index is 9.74. The van der Waals surface area contributed by atoms with Crippen LogP contribution in [-0.4, -0.2) is 11.5 Å². The molecular weight excluding hydrogens is 150 g/mol. The van der Waals surface area contributed by atoms with Gasteiger partial charge in [-0.1, -0.05) is 0 Å². The Bertz CT molecular complexity index is 221. The first-order chi connectivity index (χ1) is 4.83. The second-order valence-electron chi connectivity index (χ2n) is 1.77. The molecule has 1 heterocycles. The normalized spacial score (nSPS) is 9.30. The molecule has 0 aromatic carbocycles. The molecule has 1 aromatic heterocycles. The SMILES string of the molecule is Cc1nc(COC=O)cs1. The largest absolute Gasteiger partial charge is 0.461 e. The van der Waals surface area contributed by atoms with Gasteiger partial charge in [-0.2, -0.15) is 0 Å². The fourth-order valence-electron chi connectivity index (χ4n) is 0.594. The lowest BCUT2D eigenvalue weighted by Crippen LogP contribution is -1.89. The monoisotopic (exact) mass is 157 g/mol. The minimum absolute atomic E-state index is 0.286. The molecule has 0 aliphatic carbocycles. The molecule has 0 aliphatic heterocycles. The number of aryl methyl sites for hydroxylation is 1. The second kappa shape index (κ2) is 3.31. The predicted molar refractivity (Wildman–Crippen MR) is 37.7 cm³/mol. The highest BCUT2D eigenvalue weighted by Crippen LogP contribution is 2.07. The van der Waals surface area contributed by atoms with Gasteiger partial charge in [0.05, 0.1) is 10.7 Å². The molecule has 0 N–H and O–H groups in total. The molecule has 0 amide bonds. The van der Waals surface area contributed by atoms with E-state index >= 15 is 0 Å². The molecule has 0 fully saturated rings. The highest BCUT2D eigenvalue weighted by atomic mass is 32.1. The van der Waals surface area contributed by atoms with Gasteiger partial charge in [0.2, 0.25) is 0 Å². The molecule has 0 bridgehead atoms. The van der Waals surface area contributed by atoms with E-state index in [0.717, 1.165) is 10.7 Å². The summed E-state index contributed by atoms with van der Waals surface area (Å²) >= 11 is 1.55. The summed E-state index contributed by atoms with van der Waals surface area (Å²) in [6.45, 7) is 2.62. The maximum Gasteiger partial charge on any atom is 0.293 e. The molecule has 0 saturated heterocycles. The van der Waals surface area contributed by atoms with Gasteiger partial charge in [-0.05, 0) is 6.92 Å². The minimum Gasteiger partial charge on any atom is -0.461 e. The van der Waals surface area contributed by atoms with E-state index in [4.69, 9.17) is 0 Å². The van der Waals surface area contributed by atoms with E-state index in [0.29, 0.717) is 6.47 Å². The first kappa shape index (κ1) is 7.21. The van der Waals surface area contributed by atoms with Crippen molar-refractivity contribution in [2.24, 2.45) is 0 Å². The van der Waals surface area contributed by atoms with Crippen LogP contribution in [0, 0.1) is 6.92 Å². The summed E-state index contributed by atoms with van der Waals surface area (Å²) < 4.78 is 4.50. The number of ether oxygens (including phenoxy) is 1. The van der Waals surface area contributed by atoms with Gasteiger partial charge in [-0.25, -0.2) is 4.98 Å². The molecule has 0 radical (unpaired) electrons. The molecule has 3 nitrogen and oxygen atoms in total. The second-order valence-corrected chi connectivity index (χ2v) is 2.83. The Hall–Kier alpha value is -0.900. The van der Waals surface area contributed by atoms with Gasteiger partial charge in [-0.15, -0.1) is 11.3 Å². The summed E-state index contributed by atoms with van der Waals surface area (Å²) in [6.07, 6.45) is 0. The van der Waals surface area contributed by atoms with Crippen molar-refractivity contribution in [1.29, 1.82) is 0 Å². The summed E-state index contributed by atoms with van der Waals surface area (Å²) in [5.74, 6) is 0. The van der Waals surface area contributed by atoms with E-state index in [9.17, 15) is 4.79 Å². The zero-order valence-corrected chi connectivity index (χ0v) is 6.35. The molecule has 0 unspecified atom stereocenters. The molecule has 10 heavy (non-hydrogen) atoms. The minimum atomic E-state index is 0.286. The standard InChI is InChI=1S/C6H7NO2S/c1-5-7-6(3-10-5)2-9-4-8/h3-4H,2H2,1H3. The molecule has 54 valence electrons. The molecule has 0 aliphatic rings. The van der Waals surface area contributed by atoms with Gasteiger partial charge in [0.1, 0.15) is 6.61 Å². The average molecular weight is 157 g/mol.